The number of nitrogens with one attached hydrogen (secondary N) is 1. The number of halogens is 2. The van der Waals surface area contributed by atoms with Crippen molar-refractivity contribution in [1.82, 2.24) is 0 Å². The molecule has 0 saturated carbocycles. The third-order valence-electron chi connectivity index (χ3n) is 3.27. The highest BCUT2D eigenvalue weighted by Crippen LogP contribution is 2.36. The van der Waals surface area contributed by atoms with Crippen LogP contribution in [0, 0.1) is 11.2 Å². The van der Waals surface area contributed by atoms with Gasteiger partial charge in [0.25, 0.3) is 0 Å². The van der Waals surface area contributed by atoms with Crippen LogP contribution in [0.2, 0.25) is 5.02 Å². The van der Waals surface area contributed by atoms with E-state index < -0.39 is 11.1 Å². The van der Waals surface area contributed by atoms with Gasteiger partial charge in [0.15, 0.2) is 0 Å². The highest BCUT2D eigenvalue weighted by atomic mass is 35.5. The van der Waals surface area contributed by atoms with Gasteiger partial charge < -0.3 is 10.1 Å². The second kappa shape index (κ2) is 9.43. The maximum Gasteiger partial charge on any atom is 0.319 e. The summed E-state index contributed by atoms with van der Waals surface area (Å²) >= 11 is 7.32. The number of thioether (sulfide) groups is 1. The van der Waals surface area contributed by atoms with Gasteiger partial charge in [-0.15, -0.1) is 11.8 Å². The summed E-state index contributed by atoms with van der Waals surface area (Å²) in [6.07, 6.45) is 1.66. The molecule has 140 valence electrons. The topological polar surface area (TPSA) is 55.4 Å². The summed E-state index contributed by atoms with van der Waals surface area (Å²) in [5.41, 5.74) is -0.150. The predicted octanol–water partition coefficient (Wildman–Crippen LogP) is 5.29. The molecule has 0 spiro atoms. The molecule has 1 aromatic carbocycles. The molecule has 1 amide bonds. The molecule has 0 fully saturated rings. The Balaban J connectivity index is 3.02. The summed E-state index contributed by atoms with van der Waals surface area (Å²) in [5.74, 6) is -1.24. The lowest BCUT2D eigenvalue weighted by Crippen LogP contribution is -2.20. The van der Waals surface area contributed by atoms with Crippen LogP contribution in [-0.4, -0.2) is 24.2 Å². The number of anilines is 1. The maximum atomic E-state index is 14.1. The van der Waals surface area contributed by atoms with Gasteiger partial charge in [-0.3, -0.25) is 9.59 Å². The van der Waals surface area contributed by atoms with Crippen molar-refractivity contribution in [2.75, 3.05) is 12.4 Å². The number of hydrogen-bond donors (Lipinski definition) is 1. The number of ether oxygens (including phenoxy) is 1. The normalized spacial score (nSPS) is 12.6. The third kappa shape index (κ3) is 7.24. The van der Waals surface area contributed by atoms with Gasteiger partial charge in [-0.25, -0.2) is 4.39 Å². The van der Waals surface area contributed by atoms with Gasteiger partial charge in [-0.05, 0) is 24.0 Å². The zero-order valence-electron chi connectivity index (χ0n) is 15.2. The smallest absolute Gasteiger partial charge is 0.319 e. The van der Waals surface area contributed by atoms with Crippen LogP contribution in [0.15, 0.2) is 17.0 Å². The maximum absolute atomic E-state index is 14.1. The van der Waals surface area contributed by atoms with Gasteiger partial charge in [0.1, 0.15) is 11.1 Å². The summed E-state index contributed by atoms with van der Waals surface area (Å²) in [7, 11) is 1.33. The second-order valence-electron chi connectivity index (χ2n) is 6.97. The molecule has 1 unspecified atom stereocenters. The summed E-state index contributed by atoms with van der Waals surface area (Å²) in [5, 5.41) is 2.34. The molecule has 1 N–H and O–H groups in total. The minimum atomic E-state index is -0.610. The summed E-state index contributed by atoms with van der Waals surface area (Å²) in [4.78, 5) is 24.5. The van der Waals surface area contributed by atoms with Gasteiger partial charge in [-0.2, -0.15) is 0 Å². The van der Waals surface area contributed by atoms with Crippen LogP contribution in [0.3, 0.4) is 0 Å². The van der Waals surface area contributed by atoms with Crippen LogP contribution in [0.5, 0.6) is 0 Å². The van der Waals surface area contributed by atoms with Crippen molar-refractivity contribution in [1.29, 1.82) is 0 Å². The molecule has 0 saturated heterocycles. The van der Waals surface area contributed by atoms with Crippen molar-refractivity contribution in [3.8, 4) is 0 Å². The first kappa shape index (κ1) is 21.8. The van der Waals surface area contributed by atoms with E-state index in [0.717, 1.165) is 12.5 Å². The Kier molecular flexibility index (Phi) is 8.22. The van der Waals surface area contributed by atoms with E-state index in [2.05, 4.69) is 5.32 Å². The Morgan fingerprint density at radius 2 is 2.00 bits per heavy atom. The number of rotatable bonds is 7. The molecule has 1 rings (SSSR count). The van der Waals surface area contributed by atoms with Crippen molar-refractivity contribution >= 4 is 40.9 Å². The first-order valence-corrected chi connectivity index (χ1v) is 9.36. The number of hydrogen-bond acceptors (Lipinski definition) is 4. The molecule has 0 aliphatic carbocycles. The minimum Gasteiger partial charge on any atom is -0.468 e. The van der Waals surface area contributed by atoms with Gasteiger partial charge >= 0.3 is 5.97 Å². The number of amides is 1. The Hall–Kier alpha value is -1.27. The van der Waals surface area contributed by atoms with E-state index in [-0.39, 0.29) is 34.4 Å². The number of carbonyl (C=O) groups excluding carboxylic acids is 2. The lowest BCUT2D eigenvalue weighted by atomic mass is 9.92. The van der Waals surface area contributed by atoms with Crippen LogP contribution in [-0.2, 0) is 14.3 Å². The molecule has 7 heteroatoms. The molecule has 0 aliphatic rings. The lowest BCUT2D eigenvalue weighted by molar-refractivity contribution is -0.140. The quantitative estimate of drug-likeness (QED) is 0.508. The van der Waals surface area contributed by atoms with E-state index in [9.17, 15) is 14.0 Å². The van der Waals surface area contributed by atoms with Crippen LogP contribution in [0.4, 0.5) is 10.1 Å². The highest BCUT2D eigenvalue weighted by Gasteiger charge is 2.23. The average molecular weight is 390 g/mol. The predicted molar refractivity (Wildman–Crippen MR) is 101 cm³/mol. The van der Waals surface area contributed by atoms with Gasteiger partial charge in [0.05, 0.1) is 17.8 Å². The van der Waals surface area contributed by atoms with Gasteiger partial charge in [0.2, 0.25) is 5.91 Å². The number of esters is 1. The van der Waals surface area contributed by atoms with Gasteiger partial charge in [-0.1, -0.05) is 45.7 Å². The molecule has 0 heterocycles. The molecule has 0 radical (unpaired) electrons. The molecule has 25 heavy (non-hydrogen) atoms. The zero-order chi connectivity index (χ0) is 19.2. The lowest BCUT2D eigenvalue weighted by Gasteiger charge is -2.18. The fourth-order valence-electron chi connectivity index (χ4n) is 2.16. The Morgan fingerprint density at radius 1 is 1.36 bits per heavy atom. The minimum absolute atomic E-state index is 0.0567. The molecular formula is C18H25ClFNO3S. The Labute approximate surface area is 157 Å². The monoisotopic (exact) mass is 389 g/mol. The SMILES string of the molecule is CCCC(Sc1cc(NC(=O)CC(C)(C)C)c(F)cc1Cl)C(=O)OC. The Morgan fingerprint density at radius 3 is 2.52 bits per heavy atom. The van der Waals surface area contributed by atoms with Crippen molar-refractivity contribution in [2.45, 2.75) is 57.1 Å². The number of benzene rings is 1. The first-order chi connectivity index (χ1) is 11.6. The molecule has 0 aromatic heterocycles. The van der Waals surface area contributed by atoms with Crippen molar-refractivity contribution in [2.24, 2.45) is 5.41 Å². The van der Waals surface area contributed by atoms with Crippen molar-refractivity contribution in [3.05, 3.63) is 23.0 Å². The van der Waals surface area contributed by atoms with E-state index in [1.165, 1.54) is 24.9 Å². The second-order valence-corrected chi connectivity index (χ2v) is 8.62. The average Bonchev–Trinajstić information content (AvgIpc) is 2.48. The summed E-state index contributed by atoms with van der Waals surface area (Å²) in [6.45, 7) is 7.74. The molecule has 1 aromatic rings. The van der Waals surface area contributed by atoms with Crippen molar-refractivity contribution in [3.63, 3.8) is 0 Å². The Bertz CT molecular complexity index is 631. The summed E-state index contributed by atoms with van der Waals surface area (Å²) in [6, 6.07) is 2.62. The van der Waals surface area contributed by atoms with Crippen LogP contribution < -0.4 is 5.32 Å². The van der Waals surface area contributed by atoms with Crippen LogP contribution >= 0.6 is 23.4 Å². The van der Waals surface area contributed by atoms with E-state index in [0.29, 0.717) is 11.3 Å². The highest BCUT2D eigenvalue weighted by molar-refractivity contribution is 8.00. The van der Waals surface area contributed by atoms with Crippen molar-refractivity contribution < 1.29 is 18.7 Å². The molecule has 4 nitrogen and oxygen atoms in total. The van der Waals surface area contributed by atoms with E-state index in [1.807, 2.05) is 27.7 Å². The van der Waals surface area contributed by atoms with E-state index >= 15 is 0 Å². The van der Waals surface area contributed by atoms with Gasteiger partial charge in [0, 0.05) is 11.3 Å². The van der Waals surface area contributed by atoms with Crippen LogP contribution in [0.1, 0.15) is 47.0 Å². The molecular weight excluding hydrogens is 365 g/mol. The van der Waals surface area contributed by atoms with E-state index in [4.69, 9.17) is 16.3 Å². The molecule has 0 bridgehead atoms. The standard InChI is InChI=1S/C18H25ClFNO3S/c1-6-7-14(17(23)24-5)25-15-9-13(12(20)8-11(15)19)21-16(22)10-18(2,3)4/h8-9,14H,6-7,10H2,1-5H3,(H,21,22). The fraction of sp³-hybridized carbons (Fsp3) is 0.556. The number of carbonyl (C=O) groups is 2. The molecule has 1 atom stereocenters. The van der Waals surface area contributed by atoms with Crippen LogP contribution in [0.25, 0.3) is 0 Å². The fourth-order valence-corrected chi connectivity index (χ4v) is 3.66. The largest absolute Gasteiger partial charge is 0.468 e. The summed E-state index contributed by atoms with van der Waals surface area (Å²) < 4.78 is 18.9. The first-order valence-electron chi connectivity index (χ1n) is 8.10. The van der Waals surface area contributed by atoms with E-state index in [1.54, 1.807) is 0 Å². The third-order valence-corrected chi connectivity index (χ3v) is 5.00. The zero-order valence-corrected chi connectivity index (χ0v) is 16.8. The molecule has 0 aliphatic heterocycles. The number of methoxy groups -OCH3 is 1.